The number of rotatable bonds is 5. The number of fused-ring (bicyclic) bond motifs is 1. The van der Waals surface area contributed by atoms with Crippen molar-refractivity contribution in [3.8, 4) is 5.75 Å². The number of sulfonamides is 1. The van der Waals surface area contributed by atoms with E-state index in [2.05, 4.69) is 4.85 Å². The van der Waals surface area contributed by atoms with E-state index in [1.165, 1.54) is 0 Å². The van der Waals surface area contributed by atoms with Crippen LogP contribution in [0, 0.1) is 6.57 Å². The molecule has 1 aliphatic heterocycles. The first-order valence-corrected chi connectivity index (χ1v) is 9.91. The molecule has 0 bridgehead atoms. The fourth-order valence-corrected chi connectivity index (χ4v) is 4.23. The van der Waals surface area contributed by atoms with Crippen molar-refractivity contribution < 1.29 is 26.3 Å². The maximum atomic E-state index is 12.5. The van der Waals surface area contributed by atoms with E-state index in [1.807, 2.05) is 0 Å². The second kappa shape index (κ2) is 7.08. The zero-order chi connectivity index (χ0) is 19.8. The Morgan fingerprint density at radius 3 is 2.58 bits per heavy atom. The van der Waals surface area contributed by atoms with Gasteiger partial charge in [0.25, 0.3) is 0 Å². The van der Waals surface area contributed by atoms with Crippen LogP contribution in [0.2, 0.25) is 0 Å². The van der Waals surface area contributed by atoms with Crippen LogP contribution in [0.25, 0.3) is 4.85 Å². The largest absolute Gasteiger partial charge is 0.488 e. The molecule has 0 fully saturated rings. The summed E-state index contributed by atoms with van der Waals surface area (Å²) >= 11 is 0. The molecule has 1 heterocycles. The summed E-state index contributed by atoms with van der Waals surface area (Å²) in [5.41, 5.74) is 0.139. The molecule has 0 saturated heterocycles. The van der Waals surface area contributed by atoms with Gasteiger partial charge in [-0.15, -0.1) is 0 Å². The molecule has 1 aliphatic rings. The molecule has 5 nitrogen and oxygen atoms in total. The Kier molecular flexibility index (Phi) is 5.59. The fourth-order valence-electron chi connectivity index (χ4n) is 3.12. The molecular formula is C17H21F3N2O3S. The van der Waals surface area contributed by atoms with E-state index in [0.717, 1.165) is 10.6 Å². The predicted molar refractivity (Wildman–Crippen MR) is 91.6 cm³/mol. The highest BCUT2D eigenvalue weighted by molar-refractivity contribution is 7.88. The Morgan fingerprint density at radius 2 is 2.04 bits per heavy atom. The summed E-state index contributed by atoms with van der Waals surface area (Å²) in [5.74, 6) is 0.447. The van der Waals surface area contributed by atoms with Crippen LogP contribution in [0.15, 0.2) is 18.2 Å². The minimum Gasteiger partial charge on any atom is -0.488 e. The monoisotopic (exact) mass is 390 g/mol. The summed E-state index contributed by atoms with van der Waals surface area (Å²) in [6, 6.07) is 4.04. The third-order valence-electron chi connectivity index (χ3n) is 4.17. The molecule has 0 aliphatic carbocycles. The molecule has 0 N–H and O–H groups in total. The van der Waals surface area contributed by atoms with E-state index < -0.39 is 34.3 Å². The van der Waals surface area contributed by atoms with Gasteiger partial charge in [0.05, 0.1) is 18.9 Å². The Labute approximate surface area is 151 Å². The molecule has 0 amide bonds. The third-order valence-corrected chi connectivity index (χ3v) is 5.45. The van der Waals surface area contributed by atoms with Gasteiger partial charge >= 0.3 is 6.18 Å². The Hall–Kier alpha value is -1.79. The van der Waals surface area contributed by atoms with Gasteiger partial charge in [-0.3, -0.25) is 0 Å². The maximum Gasteiger partial charge on any atom is 0.389 e. The molecule has 0 aromatic heterocycles. The second-order valence-corrected chi connectivity index (χ2v) is 8.94. The SMILES string of the molecule is [C-]#[N+]c1ccc2c(c1)C(N(CCCC(F)(F)F)S(C)(=O)=O)CC(C)(C)O2. The van der Waals surface area contributed by atoms with E-state index in [0.29, 0.717) is 17.0 Å². The molecule has 1 aromatic rings. The summed E-state index contributed by atoms with van der Waals surface area (Å²) in [7, 11) is -3.76. The highest BCUT2D eigenvalue weighted by Gasteiger charge is 2.40. The van der Waals surface area contributed by atoms with E-state index in [1.54, 1.807) is 32.0 Å². The summed E-state index contributed by atoms with van der Waals surface area (Å²) < 4.78 is 69.0. The van der Waals surface area contributed by atoms with Crippen LogP contribution in [-0.4, -0.2) is 37.3 Å². The molecule has 0 saturated carbocycles. The van der Waals surface area contributed by atoms with E-state index in [9.17, 15) is 21.6 Å². The van der Waals surface area contributed by atoms with Crippen molar-refractivity contribution >= 4 is 15.7 Å². The van der Waals surface area contributed by atoms with Gasteiger partial charge in [0, 0.05) is 24.9 Å². The number of ether oxygens (including phenoxy) is 1. The summed E-state index contributed by atoms with van der Waals surface area (Å²) in [4.78, 5) is 3.34. The zero-order valence-corrected chi connectivity index (χ0v) is 15.6. The highest BCUT2D eigenvalue weighted by atomic mass is 32.2. The van der Waals surface area contributed by atoms with Crippen molar-refractivity contribution in [2.45, 2.75) is 50.9 Å². The van der Waals surface area contributed by atoms with Crippen LogP contribution in [0.3, 0.4) is 0 Å². The molecule has 9 heteroatoms. The van der Waals surface area contributed by atoms with Crippen LogP contribution < -0.4 is 4.74 Å². The number of benzene rings is 1. The van der Waals surface area contributed by atoms with Crippen molar-refractivity contribution in [2.24, 2.45) is 0 Å². The van der Waals surface area contributed by atoms with E-state index >= 15 is 0 Å². The first-order chi connectivity index (χ1) is 11.8. The molecule has 1 unspecified atom stereocenters. The lowest BCUT2D eigenvalue weighted by atomic mass is 9.89. The molecule has 0 radical (unpaired) electrons. The number of hydrogen-bond donors (Lipinski definition) is 0. The van der Waals surface area contributed by atoms with Crippen LogP contribution >= 0.6 is 0 Å². The van der Waals surface area contributed by atoms with E-state index in [4.69, 9.17) is 11.3 Å². The van der Waals surface area contributed by atoms with Crippen LogP contribution in [0.1, 0.15) is 44.7 Å². The number of hydrogen-bond acceptors (Lipinski definition) is 3. The minimum atomic E-state index is -4.34. The smallest absolute Gasteiger partial charge is 0.389 e. The van der Waals surface area contributed by atoms with Gasteiger partial charge in [0.15, 0.2) is 5.69 Å². The average molecular weight is 390 g/mol. The van der Waals surface area contributed by atoms with Gasteiger partial charge in [-0.1, -0.05) is 6.07 Å². The highest BCUT2D eigenvalue weighted by Crippen LogP contribution is 2.45. The van der Waals surface area contributed by atoms with Gasteiger partial charge in [-0.25, -0.2) is 13.3 Å². The van der Waals surface area contributed by atoms with Gasteiger partial charge in [-0.05, 0) is 32.4 Å². The van der Waals surface area contributed by atoms with Crippen molar-refractivity contribution in [3.05, 3.63) is 35.2 Å². The summed E-state index contributed by atoms with van der Waals surface area (Å²) in [6.45, 7) is 10.5. The fraction of sp³-hybridized carbons (Fsp3) is 0.588. The summed E-state index contributed by atoms with van der Waals surface area (Å²) in [6.07, 6.45) is -4.46. The summed E-state index contributed by atoms with van der Waals surface area (Å²) in [5, 5.41) is 0. The Morgan fingerprint density at radius 1 is 1.38 bits per heavy atom. The second-order valence-electron chi connectivity index (χ2n) is 7.01. The number of nitrogens with zero attached hydrogens (tertiary/aromatic N) is 2. The van der Waals surface area contributed by atoms with Gasteiger partial charge in [-0.2, -0.15) is 17.5 Å². The lowest BCUT2D eigenvalue weighted by Crippen LogP contribution is -2.44. The minimum absolute atomic E-state index is 0.249. The van der Waals surface area contributed by atoms with Crippen LogP contribution in [0.5, 0.6) is 5.75 Å². The number of halogens is 3. The lowest BCUT2D eigenvalue weighted by molar-refractivity contribution is -0.136. The first kappa shape index (κ1) is 20.5. The Balaban J connectivity index is 2.42. The normalized spacial score (nSPS) is 19.5. The van der Waals surface area contributed by atoms with Crippen molar-refractivity contribution in [1.29, 1.82) is 0 Å². The number of alkyl halides is 3. The lowest BCUT2D eigenvalue weighted by Gasteiger charge is -2.42. The molecule has 1 aromatic carbocycles. The molecule has 1 atom stereocenters. The van der Waals surface area contributed by atoms with Crippen molar-refractivity contribution in [3.63, 3.8) is 0 Å². The van der Waals surface area contributed by atoms with Gasteiger partial charge in [0.1, 0.15) is 11.4 Å². The quantitative estimate of drug-likeness (QED) is 0.699. The maximum absolute atomic E-state index is 12.5. The van der Waals surface area contributed by atoms with Crippen LogP contribution in [-0.2, 0) is 10.0 Å². The average Bonchev–Trinajstić information content (AvgIpc) is 2.47. The standard InChI is InChI=1S/C17H21F3N2O3S/c1-16(2)11-14(13-10-12(21-3)6-7-15(13)25-16)22(26(4,23)24)9-5-8-17(18,19)20/h6-7,10,14H,5,8-9,11H2,1-2,4H3. The Bertz CT molecular complexity index is 814. The molecular weight excluding hydrogens is 369 g/mol. The molecule has 2 rings (SSSR count). The van der Waals surface area contributed by atoms with Crippen molar-refractivity contribution in [1.82, 2.24) is 4.31 Å². The molecule has 26 heavy (non-hydrogen) atoms. The molecule has 0 spiro atoms. The first-order valence-electron chi connectivity index (χ1n) is 8.06. The van der Waals surface area contributed by atoms with Crippen molar-refractivity contribution in [2.75, 3.05) is 12.8 Å². The van der Waals surface area contributed by atoms with Crippen LogP contribution in [0.4, 0.5) is 18.9 Å². The topological polar surface area (TPSA) is 51.0 Å². The molecule has 144 valence electrons. The van der Waals surface area contributed by atoms with E-state index in [-0.39, 0.29) is 19.4 Å². The zero-order valence-electron chi connectivity index (χ0n) is 14.8. The predicted octanol–water partition coefficient (Wildman–Crippen LogP) is 4.44. The third kappa shape index (κ3) is 5.11. The van der Waals surface area contributed by atoms with Gasteiger partial charge in [0.2, 0.25) is 10.0 Å². The van der Waals surface area contributed by atoms with Gasteiger partial charge < -0.3 is 4.74 Å².